The average Bonchev–Trinajstić information content (AvgIpc) is 2.49. The van der Waals surface area contributed by atoms with E-state index in [1.54, 1.807) is 18.2 Å². The highest BCUT2D eigenvalue weighted by Crippen LogP contribution is 2.25. The molecule has 0 bridgehead atoms. The van der Waals surface area contributed by atoms with Crippen molar-refractivity contribution < 1.29 is 14.3 Å². The van der Waals surface area contributed by atoms with Crippen LogP contribution in [0.1, 0.15) is 32.8 Å². The number of rotatable bonds is 6. The minimum atomic E-state index is -0.790. The van der Waals surface area contributed by atoms with Gasteiger partial charge < -0.3 is 10.1 Å². The Bertz CT molecular complexity index is 561. The number of hydrogen-bond donors (Lipinski definition) is 2. The maximum absolute atomic E-state index is 11.5. The van der Waals surface area contributed by atoms with Crippen LogP contribution in [0, 0.1) is 0 Å². The number of hydrogen-bond acceptors (Lipinski definition) is 4. The third-order valence-electron chi connectivity index (χ3n) is 2.83. The minimum Gasteiger partial charge on any atom is -0.493 e. The minimum absolute atomic E-state index is 0.0516. The number of nitrogens with one attached hydrogen (secondary N) is 2. The van der Waals surface area contributed by atoms with Crippen molar-refractivity contribution in [2.24, 2.45) is 5.10 Å². The predicted octanol–water partition coefficient (Wildman–Crippen LogP) is 2.21. The van der Waals surface area contributed by atoms with Crippen LogP contribution in [0.4, 0.5) is 0 Å². The van der Waals surface area contributed by atoms with Gasteiger partial charge in [0, 0.05) is 6.04 Å². The Balaban J connectivity index is 2.57. The number of hydrazone groups is 1. The molecule has 1 aromatic carbocycles. The van der Waals surface area contributed by atoms with Gasteiger partial charge in [0.15, 0.2) is 0 Å². The number of benzene rings is 1. The SMILES string of the molecule is CCOc1ccc(/C=N\NC(=O)C(=O)N[C@H](C)CC)cc1Br. The molecule has 0 unspecified atom stereocenters. The molecule has 1 atom stereocenters. The van der Waals surface area contributed by atoms with E-state index in [0.717, 1.165) is 22.2 Å². The Morgan fingerprint density at radius 3 is 2.68 bits per heavy atom. The highest BCUT2D eigenvalue weighted by Gasteiger charge is 2.14. The van der Waals surface area contributed by atoms with Crippen LogP contribution in [0.2, 0.25) is 0 Å². The predicted molar refractivity (Wildman–Crippen MR) is 88.9 cm³/mol. The number of nitrogens with zero attached hydrogens (tertiary/aromatic N) is 1. The molecule has 0 heterocycles. The summed E-state index contributed by atoms with van der Waals surface area (Å²) in [7, 11) is 0. The molecule has 0 fully saturated rings. The largest absolute Gasteiger partial charge is 0.493 e. The Labute approximate surface area is 138 Å². The fourth-order valence-electron chi connectivity index (χ4n) is 1.48. The molecule has 22 heavy (non-hydrogen) atoms. The van der Waals surface area contributed by atoms with Gasteiger partial charge in [0.25, 0.3) is 0 Å². The van der Waals surface area contributed by atoms with E-state index in [9.17, 15) is 9.59 Å². The van der Waals surface area contributed by atoms with Crippen molar-refractivity contribution in [1.29, 1.82) is 0 Å². The molecule has 1 rings (SSSR count). The molecule has 0 aromatic heterocycles. The van der Waals surface area contributed by atoms with Gasteiger partial charge >= 0.3 is 11.8 Å². The lowest BCUT2D eigenvalue weighted by Crippen LogP contribution is -2.41. The molecule has 0 aliphatic heterocycles. The second-order valence-electron chi connectivity index (χ2n) is 4.60. The van der Waals surface area contributed by atoms with Crippen molar-refractivity contribution in [2.45, 2.75) is 33.2 Å². The van der Waals surface area contributed by atoms with Crippen LogP contribution in [-0.2, 0) is 9.59 Å². The van der Waals surface area contributed by atoms with E-state index in [4.69, 9.17) is 4.74 Å². The summed E-state index contributed by atoms with van der Waals surface area (Å²) >= 11 is 3.39. The molecule has 0 spiro atoms. The van der Waals surface area contributed by atoms with E-state index in [0.29, 0.717) is 6.61 Å². The van der Waals surface area contributed by atoms with Gasteiger partial charge in [-0.2, -0.15) is 5.10 Å². The average molecular weight is 370 g/mol. The zero-order valence-electron chi connectivity index (χ0n) is 12.9. The second-order valence-corrected chi connectivity index (χ2v) is 5.46. The molecule has 0 saturated carbocycles. The fraction of sp³-hybridized carbons (Fsp3) is 0.400. The number of halogens is 1. The van der Waals surface area contributed by atoms with Gasteiger partial charge in [-0.05, 0) is 60.0 Å². The molecular weight excluding hydrogens is 350 g/mol. The van der Waals surface area contributed by atoms with Crippen LogP contribution < -0.4 is 15.5 Å². The first-order valence-electron chi connectivity index (χ1n) is 7.04. The van der Waals surface area contributed by atoms with E-state index in [1.165, 1.54) is 6.21 Å². The van der Waals surface area contributed by atoms with Gasteiger partial charge in [0.2, 0.25) is 0 Å². The molecule has 2 N–H and O–H groups in total. The van der Waals surface area contributed by atoms with Crippen molar-refractivity contribution in [3.8, 4) is 5.75 Å². The van der Waals surface area contributed by atoms with Crippen LogP contribution >= 0.6 is 15.9 Å². The standard InChI is InChI=1S/C15H20BrN3O3/c1-4-10(3)18-14(20)15(21)19-17-9-11-6-7-13(22-5-2)12(16)8-11/h6-10H,4-5H2,1-3H3,(H,18,20)(H,19,21)/b17-9-/t10-/m1/s1. The van der Waals surface area contributed by atoms with Crippen LogP contribution in [0.15, 0.2) is 27.8 Å². The van der Waals surface area contributed by atoms with E-state index in [2.05, 4.69) is 31.8 Å². The third kappa shape index (κ3) is 5.85. The molecule has 2 amide bonds. The molecule has 120 valence electrons. The van der Waals surface area contributed by atoms with Crippen LogP contribution in [-0.4, -0.2) is 30.7 Å². The Kier molecular flexibility index (Phi) is 7.59. The molecule has 7 heteroatoms. The first kappa shape index (κ1) is 18.2. The number of ether oxygens (including phenoxy) is 1. The Morgan fingerprint density at radius 1 is 1.36 bits per heavy atom. The van der Waals surface area contributed by atoms with Gasteiger partial charge in [0.05, 0.1) is 17.3 Å². The molecule has 0 saturated heterocycles. The number of carbonyl (C=O) groups is 2. The van der Waals surface area contributed by atoms with Crippen LogP contribution in [0.3, 0.4) is 0 Å². The van der Waals surface area contributed by atoms with Gasteiger partial charge in [-0.25, -0.2) is 5.43 Å². The Morgan fingerprint density at radius 2 is 2.09 bits per heavy atom. The molecule has 1 aromatic rings. The van der Waals surface area contributed by atoms with Crippen molar-refractivity contribution >= 4 is 34.0 Å². The summed E-state index contributed by atoms with van der Waals surface area (Å²) in [5.41, 5.74) is 2.95. The summed E-state index contributed by atoms with van der Waals surface area (Å²) in [4.78, 5) is 23.0. The lowest BCUT2D eigenvalue weighted by molar-refractivity contribution is -0.139. The molecule has 6 nitrogen and oxygen atoms in total. The molecule has 0 aliphatic carbocycles. The lowest BCUT2D eigenvalue weighted by atomic mass is 10.2. The van der Waals surface area contributed by atoms with Crippen molar-refractivity contribution in [1.82, 2.24) is 10.7 Å². The van der Waals surface area contributed by atoms with Crippen molar-refractivity contribution in [3.63, 3.8) is 0 Å². The van der Waals surface area contributed by atoms with E-state index in [-0.39, 0.29) is 6.04 Å². The summed E-state index contributed by atoms with van der Waals surface area (Å²) in [6, 6.07) is 5.35. The molecule has 0 aliphatic rings. The fourth-order valence-corrected chi connectivity index (χ4v) is 1.99. The van der Waals surface area contributed by atoms with E-state index < -0.39 is 11.8 Å². The van der Waals surface area contributed by atoms with Crippen molar-refractivity contribution in [2.75, 3.05) is 6.61 Å². The second kappa shape index (κ2) is 9.19. The summed E-state index contributed by atoms with van der Waals surface area (Å²) in [6.07, 6.45) is 2.21. The van der Waals surface area contributed by atoms with Crippen molar-refractivity contribution in [3.05, 3.63) is 28.2 Å². The first-order chi connectivity index (χ1) is 10.5. The normalized spacial score (nSPS) is 12.0. The van der Waals surface area contributed by atoms with Crippen LogP contribution in [0.5, 0.6) is 5.75 Å². The maximum Gasteiger partial charge on any atom is 0.329 e. The molecule has 0 radical (unpaired) electrons. The van der Waals surface area contributed by atoms with Gasteiger partial charge in [-0.1, -0.05) is 6.92 Å². The molecular formula is C15H20BrN3O3. The topological polar surface area (TPSA) is 79.8 Å². The summed E-state index contributed by atoms with van der Waals surface area (Å²) in [5.74, 6) is -0.752. The third-order valence-corrected chi connectivity index (χ3v) is 3.45. The van der Waals surface area contributed by atoms with Gasteiger partial charge in [-0.15, -0.1) is 0 Å². The monoisotopic (exact) mass is 369 g/mol. The Hall–Kier alpha value is -1.89. The first-order valence-corrected chi connectivity index (χ1v) is 7.83. The zero-order valence-corrected chi connectivity index (χ0v) is 14.4. The van der Waals surface area contributed by atoms with Gasteiger partial charge in [0.1, 0.15) is 5.75 Å². The van der Waals surface area contributed by atoms with E-state index in [1.807, 2.05) is 20.8 Å². The van der Waals surface area contributed by atoms with Crippen LogP contribution in [0.25, 0.3) is 0 Å². The zero-order chi connectivity index (χ0) is 16.5. The smallest absolute Gasteiger partial charge is 0.329 e. The highest BCUT2D eigenvalue weighted by molar-refractivity contribution is 9.10. The quantitative estimate of drug-likeness (QED) is 0.458. The highest BCUT2D eigenvalue weighted by atomic mass is 79.9. The number of carbonyl (C=O) groups excluding carboxylic acids is 2. The lowest BCUT2D eigenvalue weighted by Gasteiger charge is -2.09. The number of amides is 2. The summed E-state index contributed by atoms with van der Waals surface area (Å²) in [5, 5.41) is 6.33. The van der Waals surface area contributed by atoms with Gasteiger partial charge in [-0.3, -0.25) is 9.59 Å². The summed E-state index contributed by atoms with van der Waals surface area (Å²) < 4.78 is 6.19. The maximum atomic E-state index is 11.5. The summed E-state index contributed by atoms with van der Waals surface area (Å²) in [6.45, 7) is 6.23. The van der Waals surface area contributed by atoms with E-state index >= 15 is 0 Å².